The number of ketones is 1. The van der Waals surface area contributed by atoms with E-state index in [1.807, 2.05) is 0 Å². The van der Waals surface area contributed by atoms with E-state index in [9.17, 15) is 19.2 Å². The lowest BCUT2D eigenvalue weighted by Gasteiger charge is -1.85. The Morgan fingerprint density at radius 3 is 1.79 bits per heavy atom. The van der Waals surface area contributed by atoms with E-state index in [0.29, 0.717) is 0 Å². The molecule has 7 nitrogen and oxygen atoms in total. The molecule has 1 rings (SSSR count). The maximum Gasteiger partial charge on any atom is 0.372 e. The number of carbonyl (C=O) groups excluding carboxylic acids is 2. The van der Waals surface area contributed by atoms with Gasteiger partial charge in [0.25, 0.3) is 5.78 Å². The average molecular weight is 204 g/mol. The largest absolute Gasteiger partial charge is 0.481 e. The SMILES string of the molecule is CC1OC1=O.O=C(O)CC(=O)C(=O)O. The Hall–Kier alpha value is -1.92. The second-order valence-corrected chi connectivity index (χ2v) is 2.38. The van der Waals surface area contributed by atoms with Crippen molar-refractivity contribution in [2.75, 3.05) is 0 Å². The maximum absolute atomic E-state index is 9.97. The zero-order valence-corrected chi connectivity index (χ0v) is 7.22. The summed E-state index contributed by atoms with van der Waals surface area (Å²) in [5, 5.41) is 15.7. The Morgan fingerprint density at radius 2 is 1.71 bits per heavy atom. The van der Waals surface area contributed by atoms with Crippen LogP contribution in [0.15, 0.2) is 0 Å². The van der Waals surface area contributed by atoms with Crippen LogP contribution in [0, 0.1) is 0 Å². The number of aliphatic carboxylic acids is 2. The first-order valence-electron chi connectivity index (χ1n) is 3.53. The van der Waals surface area contributed by atoms with Gasteiger partial charge >= 0.3 is 17.9 Å². The van der Waals surface area contributed by atoms with E-state index in [0.717, 1.165) is 0 Å². The number of carboxylic acids is 2. The summed E-state index contributed by atoms with van der Waals surface area (Å²) in [6.07, 6.45) is -1.04. The highest BCUT2D eigenvalue weighted by molar-refractivity contribution is 6.35. The molecule has 1 aliphatic heterocycles. The van der Waals surface area contributed by atoms with Gasteiger partial charge in [0.05, 0.1) is 0 Å². The van der Waals surface area contributed by atoms with E-state index in [1.165, 1.54) is 0 Å². The summed E-state index contributed by atoms with van der Waals surface area (Å²) in [5.74, 6) is -4.52. The number of cyclic esters (lactones) is 1. The first-order chi connectivity index (χ1) is 6.34. The zero-order chi connectivity index (χ0) is 11.3. The Morgan fingerprint density at radius 1 is 1.36 bits per heavy atom. The van der Waals surface area contributed by atoms with Crippen LogP contribution in [0.1, 0.15) is 13.3 Å². The van der Waals surface area contributed by atoms with Crippen LogP contribution in [0.4, 0.5) is 0 Å². The molecule has 1 fully saturated rings. The lowest BCUT2D eigenvalue weighted by molar-refractivity contribution is -0.152. The van der Waals surface area contributed by atoms with Crippen molar-refractivity contribution in [3.05, 3.63) is 0 Å². The van der Waals surface area contributed by atoms with Gasteiger partial charge in [0.2, 0.25) is 0 Å². The third kappa shape index (κ3) is 5.70. The van der Waals surface area contributed by atoms with Crippen molar-refractivity contribution in [1.82, 2.24) is 0 Å². The topological polar surface area (TPSA) is 121 Å². The highest BCUT2D eigenvalue weighted by Crippen LogP contribution is 2.08. The molecule has 0 saturated carbocycles. The maximum atomic E-state index is 9.97. The molecule has 1 heterocycles. The fourth-order valence-corrected chi connectivity index (χ4v) is 0.353. The molecule has 0 aromatic heterocycles. The van der Waals surface area contributed by atoms with Crippen LogP contribution in [0.3, 0.4) is 0 Å². The molecular formula is C7H8O7. The fourth-order valence-electron chi connectivity index (χ4n) is 0.353. The van der Waals surface area contributed by atoms with E-state index in [4.69, 9.17) is 10.2 Å². The van der Waals surface area contributed by atoms with Crippen LogP contribution < -0.4 is 0 Å². The van der Waals surface area contributed by atoms with Crippen molar-refractivity contribution in [1.29, 1.82) is 0 Å². The molecule has 0 aromatic carbocycles. The van der Waals surface area contributed by atoms with Gasteiger partial charge in [-0.15, -0.1) is 0 Å². The Kier molecular flexibility index (Phi) is 4.27. The molecule has 0 spiro atoms. The number of ether oxygens (including phenoxy) is 1. The van der Waals surface area contributed by atoms with Crippen LogP contribution in [0.2, 0.25) is 0 Å². The first kappa shape index (κ1) is 12.1. The fraction of sp³-hybridized carbons (Fsp3) is 0.429. The summed E-state index contributed by atoms with van der Waals surface area (Å²) in [6, 6.07) is 0. The van der Waals surface area contributed by atoms with Crippen molar-refractivity contribution < 1.29 is 34.1 Å². The van der Waals surface area contributed by atoms with Crippen molar-refractivity contribution in [2.24, 2.45) is 0 Å². The quantitative estimate of drug-likeness (QED) is 0.345. The summed E-state index contributed by atoms with van der Waals surface area (Å²) >= 11 is 0. The van der Waals surface area contributed by atoms with Gasteiger partial charge in [-0.05, 0) is 6.92 Å². The van der Waals surface area contributed by atoms with Crippen molar-refractivity contribution in [3.63, 3.8) is 0 Å². The molecule has 1 unspecified atom stereocenters. The summed E-state index contributed by atoms with van der Waals surface area (Å²) in [7, 11) is 0. The number of rotatable bonds is 3. The summed E-state index contributed by atoms with van der Waals surface area (Å²) in [5.41, 5.74) is 0. The zero-order valence-electron chi connectivity index (χ0n) is 7.22. The molecule has 0 aliphatic carbocycles. The lowest BCUT2D eigenvalue weighted by atomic mass is 10.3. The van der Waals surface area contributed by atoms with Crippen molar-refractivity contribution in [2.45, 2.75) is 19.4 Å². The molecule has 1 atom stereocenters. The number of hydrogen-bond donors (Lipinski definition) is 2. The molecule has 14 heavy (non-hydrogen) atoms. The molecular weight excluding hydrogens is 196 g/mol. The van der Waals surface area contributed by atoms with Crippen LogP contribution >= 0.6 is 0 Å². The smallest absolute Gasteiger partial charge is 0.372 e. The Labute approximate surface area is 78.3 Å². The number of Topliss-reactive ketones (excluding diaryl/α,β-unsaturated/α-hetero) is 1. The predicted octanol–water partition coefficient (Wildman–Crippen LogP) is -0.954. The van der Waals surface area contributed by atoms with E-state index < -0.39 is 24.1 Å². The molecule has 7 heteroatoms. The monoisotopic (exact) mass is 204 g/mol. The highest BCUT2D eigenvalue weighted by atomic mass is 16.6. The first-order valence-corrected chi connectivity index (χ1v) is 3.53. The normalized spacial score (nSPS) is 17.2. The summed E-state index contributed by atoms with van der Waals surface area (Å²) < 4.78 is 4.28. The lowest BCUT2D eigenvalue weighted by Crippen LogP contribution is -2.16. The van der Waals surface area contributed by atoms with E-state index in [-0.39, 0.29) is 12.1 Å². The molecule has 1 aliphatic rings. The van der Waals surface area contributed by atoms with Crippen molar-refractivity contribution >= 4 is 23.7 Å². The predicted molar refractivity (Wildman–Crippen MR) is 40.4 cm³/mol. The number of epoxide rings is 1. The van der Waals surface area contributed by atoms with E-state index >= 15 is 0 Å². The van der Waals surface area contributed by atoms with Crippen LogP contribution in [-0.4, -0.2) is 40.0 Å². The molecule has 0 bridgehead atoms. The minimum atomic E-state index is -1.71. The number of hydrogen-bond acceptors (Lipinski definition) is 5. The molecule has 0 aromatic rings. The molecule has 0 radical (unpaired) electrons. The van der Waals surface area contributed by atoms with E-state index in [2.05, 4.69) is 4.74 Å². The third-order valence-corrected chi connectivity index (χ3v) is 1.12. The molecule has 2 N–H and O–H groups in total. The highest BCUT2D eigenvalue weighted by Gasteiger charge is 2.31. The second-order valence-electron chi connectivity index (χ2n) is 2.38. The number of carbonyl (C=O) groups is 4. The second kappa shape index (κ2) is 4.95. The van der Waals surface area contributed by atoms with Gasteiger partial charge in [0, 0.05) is 0 Å². The number of carboxylic acid groups (broad SMARTS) is 2. The van der Waals surface area contributed by atoms with Gasteiger partial charge in [0.1, 0.15) is 6.42 Å². The van der Waals surface area contributed by atoms with E-state index in [1.54, 1.807) is 6.92 Å². The van der Waals surface area contributed by atoms with Crippen LogP contribution in [0.5, 0.6) is 0 Å². The van der Waals surface area contributed by atoms with Crippen LogP contribution in [-0.2, 0) is 23.9 Å². The molecule has 78 valence electrons. The van der Waals surface area contributed by atoms with Gasteiger partial charge in [-0.3, -0.25) is 9.59 Å². The van der Waals surface area contributed by atoms with Gasteiger partial charge < -0.3 is 14.9 Å². The Balaban J connectivity index is 0.000000280. The van der Waals surface area contributed by atoms with Gasteiger partial charge in [-0.1, -0.05) is 0 Å². The van der Waals surface area contributed by atoms with Gasteiger partial charge in [-0.25, -0.2) is 9.59 Å². The minimum absolute atomic E-state index is 0.0787. The van der Waals surface area contributed by atoms with Crippen molar-refractivity contribution in [3.8, 4) is 0 Å². The minimum Gasteiger partial charge on any atom is -0.481 e. The molecule has 1 saturated heterocycles. The van der Waals surface area contributed by atoms with Crippen LogP contribution in [0.25, 0.3) is 0 Å². The van der Waals surface area contributed by atoms with Gasteiger partial charge in [0.15, 0.2) is 6.10 Å². The standard InChI is InChI=1S/C4H4O5.C3H4O2/c5-2(4(8)9)1-3(6)7;1-2-3(4)5-2/h1H2,(H,6,7)(H,8,9);2H,1H3. The Bertz CT molecular complexity index is 280. The molecule has 0 amide bonds. The van der Waals surface area contributed by atoms with Gasteiger partial charge in [-0.2, -0.15) is 0 Å². The third-order valence-electron chi connectivity index (χ3n) is 1.12. The average Bonchev–Trinajstić information content (AvgIpc) is 2.64. The summed E-state index contributed by atoms with van der Waals surface area (Å²) in [6.45, 7) is 1.72. The summed E-state index contributed by atoms with van der Waals surface area (Å²) in [4.78, 5) is 38.9.